The predicted octanol–water partition coefficient (Wildman–Crippen LogP) is 3.70. The minimum absolute atomic E-state index is 0.121. The number of aliphatic hydroxyl groups is 1. The standard InChI is InChI=1S/C22H31NO2/c1-21(25,8-7-16-5-3-2-4-6-16)15-23-20(24)22-12-17-9-18(13-22)11-19(10-17)14-22/h2-6,17-19,25H,7-15H2,1H3,(H,23,24). The summed E-state index contributed by atoms with van der Waals surface area (Å²) in [6, 6.07) is 10.2. The van der Waals surface area contributed by atoms with Gasteiger partial charge in [-0.3, -0.25) is 4.79 Å². The van der Waals surface area contributed by atoms with E-state index in [-0.39, 0.29) is 11.3 Å². The van der Waals surface area contributed by atoms with Crippen LogP contribution in [0.1, 0.15) is 57.4 Å². The molecule has 0 aromatic heterocycles. The van der Waals surface area contributed by atoms with Gasteiger partial charge in [0, 0.05) is 12.0 Å². The fourth-order valence-electron chi connectivity index (χ4n) is 5.99. The zero-order chi connectivity index (χ0) is 17.5. The molecule has 3 nitrogen and oxygen atoms in total. The lowest BCUT2D eigenvalue weighted by atomic mass is 9.49. The van der Waals surface area contributed by atoms with Crippen LogP contribution in [0.2, 0.25) is 0 Å². The van der Waals surface area contributed by atoms with Gasteiger partial charge in [-0.05, 0) is 81.6 Å². The molecule has 136 valence electrons. The first-order valence-electron chi connectivity index (χ1n) is 9.99. The largest absolute Gasteiger partial charge is 0.388 e. The minimum Gasteiger partial charge on any atom is -0.388 e. The second-order valence-electron chi connectivity index (χ2n) is 9.36. The Morgan fingerprint density at radius 3 is 2.24 bits per heavy atom. The Balaban J connectivity index is 1.32. The summed E-state index contributed by atoms with van der Waals surface area (Å²) in [5.41, 5.74) is 0.258. The summed E-state index contributed by atoms with van der Waals surface area (Å²) >= 11 is 0. The number of carbonyl (C=O) groups excluding carboxylic acids is 1. The molecule has 5 rings (SSSR count). The third-order valence-electron chi connectivity index (χ3n) is 6.94. The Morgan fingerprint density at radius 1 is 1.12 bits per heavy atom. The molecule has 4 fully saturated rings. The summed E-state index contributed by atoms with van der Waals surface area (Å²) < 4.78 is 0. The first-order valence-corrected chi connectivity index (χ1v) is 9.99. The van der Waals surface area contributed by atoms with E-state index in [1.165, 1.54) is 24.8 Å². The van der Waals surface area contributed by atoms with Gasteiger partial charge in [0.1, 0.15) is 0 Å². The molecular formula is C22H31NO2. The van der Waals surface area contributed by atoms with Crippen LogP contribution in [0.4, 0.5) is 0 Å². The first kappa shape index (κ1) is 17.1. The minimum atomic E-state index is -0.853. The first-order chi connectivity index (χ1) is 11.9. The second-order valence-corrected chi connectivity index (χ2v) is 9.36. The Bertz CT molecular complexity index is 587. The fourth-order valence-corrected chi connectivity index (χ4v) is 5.99. The quantitative estimate of drug-likeness (QED) is 0.829. The van der Waals surface area contributed by atoms with Crippen molar-refractivity contribution < 1.29 is 9.90 Å². The number of hydrogen-bond acceptors (Lipinski definition) is 2. The van der Waals surface area contributed by atoms with Crippen LogP contribution in [0, 0.1) is 23.2 Å². The summed E-state index contributed by atoms with van der Waals surface area (Å²) in [5, 5.41) is 13.8. The Kier molecular flexibility index (Phi) is 4.39. The van der Waals surface area contributed by atoms with Crippen molar-refractivity contribution in [2.45, 2.75) is 63.9 Å². The van der Waals surface area contributed by atoms with E-state index < -0.39 is 5.60 Å². The Morgan fingerprint density at radius 2 is 1.68 bits per heavy atom. The summed E-state index contributed by atoms with van der Waals surface area (Å²) in [7, 11) is 0. The maximum Gasteiger partial charge on any atom is 0.226 e. The van der Waals surface area contributed by atoms with E-state index in [1.807, 2.05) is 25.1 Å². The zero-order valence-corrected chi connectivity index (χ0v) is 15.3. The van der Waals surface area contributed by atoms with Gasteiger partial charge in [-0.1, -0.05) is 30.3 Å². The van der Waals surface area contributed by atoms with Gasteiger partial charge >= 0.3 is 0 Å². The summed E-state index contributed by atoms with van der Waals surface area (Å²) in [5.74, 6) is 2.54. The van der Waals surface area contributed by atoms with Crippen molar-refractivity contribution >= 4 is 5.91 Å². The molecule has 0 radical (unpaired) electrons. The van der Waals surface area contributed by atoms with Crippen LogP contribution in [0.3, 0.4) is 0 Å². The maximum absolute atomic E-state index is 13.0. The predicted molar refractivity (Wildman–Crippen MR) is 99.0 cm³/mol. The van der Waals surface area contributed by atoms with E-state index in [0.717, 1.165) is 43.4 Å². The molecule has 4 aliphatic rings. The number of aryl methyl sites for hydroxylation is 1. The molecule has 1 unspecified atom stereocenters. The van der Waals surface area contributed by atoms with Gasteiger partial charge in [0.2, 0.25) is 5.91 Å². The number of carbonyl (C=O) groups is 1. The zero-order valence-electron chi connectivity index (χ0n) is 15.3. The third kappa shape index (κ3) is 3.62. The highest BCUT2D eigenvalue weighted by atomic mass is 16.3. The molecular weight excluding hydrogens is 310 g/mol. The monoisotopic (exact) mass is 341 g/mol. The molecule has 0 heterocycles. The van der Waals surface area contributed by atoms with Gasteiger partial charge < -0.3 is 10.4 Å². The molecule has 1 aromatic rings. The topological polar surface area (TPSA) is 49.3 Å². The lowest BCUT2D eigenvalue weighted by Gasteiger charge is -2.55. The van der Waals surface area contributed by atoms with Crippen LogP contribution < -0.4 is 5.32 Å². The van der Waals surface area contributed by atoms with Crippen molar-refractivity contribution in [3.63, 3.8) is 0 Å². The van der Waals surface area contributed by atoms with Crippen molar-refractivity contribution in [3.8, 4) is 0 Å². The molecule has 0 aliphatic heterocycles. The van der Waals surface area contributed by atoms with Crippen molar-refractivity contribution in [3.05, 3.63) is 35.9 Å². The number of amides is 1. The van der Waals surface area contributed by atoms with Gasteiger partial charge in [-0.2, -0.15) is 0 Å². The third-order valence-corrected chi connectivity index (χ3v) is 6.94. The molecule has 0 saturated heterocycles. The van der Waals surface area contributed by atoms with Gasteiger partial charge in [0.05, 0.1) is 5.60 Å². The number of rotatable bonds is 6. The van der Waals surface area contributed by atoms with E-state index in [9.17, 15) is 9.90 Å². The molecule has 3 heteroatoms. The highest BCUT2D eigenvalue weighted by Gasteiger charge is 2.54. The molecule has 1 aromatic carbocycles. The van der Waals surface area contributed by atoms with Crippen molar-refractivity contribution in [1.29, 1.82) is 0 Å². The van der Waals surface area contributed by atoms with Crippen LogP contribution in [0.15, 0.2) is 30.3 Å². The molecule has 2 N–H and O–H groups in total. The lowest BCUT2D eigenvalue weighted by molar-refractivity contribution is -0.147. The van der Waals surface area contributed by atoms with E-state index in [4.69, 9.17) is 0 Å². The lowest BCUT2D eigenvalue weighted by Crippen LogP contribution is -2.55. The summed E-state index contributed by atoms with van der Waals surface area (Å²) in [4.78, 5) is 13.0. The van der Waals surface area contributed by atoms with Crippen molar-refractivity contribution in [1.82, 2.24) is 5.32 Å². The SMILES string of the molecule is CC(O)(CCc1ccccc1)CNC(=O)C12CC3CC(CC(C3)C1)C2. The molecule has 1 atom stereocenters. The fraction of sp³-hybridized carbons (Fsp3) is 0.682. The number of nitrogens with one attached hydrogen (secondary N) is 1. The molecule has 4 aliphatic carbocycles. The van der Waals surface area contributed by atoms with Gasteiger partial charge in [0.25, 0.3) is 0 Å². The normalized spacial score (nSPS) is 35.4. The highest BCUT2D eigenvalue weighted by molar-refractivity contribution is 5.83. The van der Waals surface area contributed by atoms with Crippen LogP contribution in [0.5, 0.6) is 0 Å². The molecule has 4 saturated carbocycles. The molecule has 25 heavy (non-hydrogen) atoms. The van der Waals surface area contributed by atoms with Crippen molar-refractivity contribution in [2.24, 2.45) is 23.2 Å². The van der Waals surface area contributed by atoms with E-state index in [0.29, 0.717) is 13.0 Å². The number of hydrogen-bond donors (Lipinski definition) is 2. The Hall–Kier alpha value is -1.35. The van der Waals surface area contributed by atoms with Crippen LogP contribution in [-0.4, -0.2) is 23.2 Å². The molecule has 1 amide bonds. The number of benzene rings is 1. The summed E-state index contributed by atoms with van der Waals surface area (Å²) in [6.45, 7) is 2.20. The summed E-state index contributed by atoms with van der Waals surface area (Å²) in [6.07, 6.45) is 8.79. The average Bonchev–Trinajstić information content (AvgIpc) is 2.58. The van der Waals surface area contributed by atoms with Crippen LogP contribution in [-0.2, 0) is 11.2 Å². The van der Waals surface area contributed by atoms with Gasteiger partial charge in [-0.15, -0.1) is 0 Å². The van der Waals surface area contributed by atoms with Crippen LogP contribution >= 0.6 is 0 Å². The molecule has 4 bridgehead atoms. The smallest absolute Gasteiger partial charge is 0.226 e. The average molecular weight is 341 g/mol. The van der Waals surface area contributed by atoms with E-state index in [1.54, 1.807) is 0 Å². The maximum atomic E-state index is 13.0. The second kappa shape index (κ2) is 6.42. The van der Waals surface area contributed by atoms with Gasteiger partial charge in [0.15, 0.2) is 0 Å². The van der Waals surface area contributed by atoms with Crippen molar-refractivity contribution in [2.75, 3.05) is 6.54 Å². The molecule has 0 spiro atoms. The highest BCUT2D eigenvalue weighted by Crippen LogP contribution is 2.60. The van der Waals surface area contributed by atoms with Crippen LogP contribution in [0.25, 0.3) is 0 Å². The Labute approximate surface area is 151 Å². The van der Waals surface area contributed by atoms with E-state index in [2.05, 4.69) is 17.4 Å². The van der Waals surface area contributed by atoms with Gasteiger partial charge in [-0.25, -0.2) is 0 Å². The van der Waals surface area contributed by atoms with E-state index >= 15 is 0 Å².